The third-order valence-electron chi connectivity index (χ3n) is 2.83. The molecule has 0 atom stereocenters. The molecule has 0 aromatic heterocycles. The number of rotatable bonds is 8. The Morgan fingerprint density at radius 3 is 1.14 bits per heavy atom. The van der Waals surface area contributed by atoms with Gasteiger partial charge in [0.15, 0.2) is 0 Å². The van der Waals surface area contributed by atoms with Gasteiger partial charge in [-0.15, -0.1) is 0 Å². The quantitative estimate of drug-likeness (QED) is 0.380. The van der Waals surface area contributed by atoms with E-state index in [2.05, 4.69) is 26.0 Å². The van der Waals surface area contributed by atoms with Gasteiger partial charge in [-0.3, -0.25) is 9.59 Å². The highest BCUT2D eigenvalue weighted by atomic mass is 16.2. The van der Waals surface area contributed by atoms with Crippen molar-refractivity contribution in [3.63, 3.8) is 0 Å². The molecule has 0 fully saturated rings. The van der Waals surface area contributed by atoms with Crippen molar-refractivity contribution in [1.82, 2.24) is 9.80 Å². The summed E-state index contributed by atoms with van der Waals surface area (Å²) in [5.41, 5.74) is 0. The number of hydrogen-bond acceptors (Lipinski definition) is 2. The van der Waals surface area contributed by atoms with Crippen LogP contribution in [-0.2, 0) is 9.59 Å². The molecular formula is C25H58N2O2. The minimum absolute atomic E-state index is 0. The lowest BCUT2D eigenvalue weighted by molar-refractivity contribution is -0.128. The molecule has 180 valence electrons. The van der Waals surface area contributed by atoms with Crippen LogP contribution in [-0.4, -0.2) is 49.8 Å². The first kappa shape index (κ1) is 50.6. The molecule has 0 saturated carbocycles. The molecule has 0 bridgehead atoms. The summed E-state index contributed by atoms with van der Waals surface area (Å²) >= 11 is 0. The fraction of sp³-hybridized carbons (Fsp3) is 0.680. The van der Waals surface area contributed by atoms with Gasteiger partial charge >= 0.3 is 0 Å². The summed E-state index contributed by atoms with van der Waals surface area (Å²) in [4.78, 5) is 25.2. The molecular weight excluding hydrogens is 360 g/mol. The Kier molecular flexibility index (Phi) is 64.6. The molecule has 0 spiro atoms. The van der Waals surface area contributed by atoms with E-state index in [1.165, 1.54) is 0 Å². The van der Waals surface area contributed by atoms with Crippen LogP contribution in [0.15, 0.2) is 36.5 Å². The van der Waals surface area contributed by atoms with E-state index in [-0.39, 0.29) is 56.4 Å². The first-order valence-electron chi connectivity index (χ1n) is 8.22. The minimum atomic E-state index is 0. The van der Waals surface area contributed by atoms with Crippen LogP contribution in [0.2, 0.25) is 0 Å². The number of carbonyl (C=O) groups excluding carboxylic acids is 2. The van der Waals surface area contributed by atoms with Crippen LogP contribution >= 0.6 is 0 Å². The van der Waals surface area contributed by atoms with E-state index < -0.39 is 0 Å². The van der Waals surface area contributed by atoms with E-state index in [1.54, 1.807) is 38.0 Å². The van der Waals surface area contributed by atoms with Gasteiger partial charge in [0.05, 0.1) is 0 Å². The standard InChI is InChI=1S/C11H19NO.C8H15NO.6CH4/c1-4-5-6-7-8-9-10-11(13)12(2)3;1-4-5-6-7-8(10)9(2)3;;;;;;/h5-6,8-9H,4,7,10H2,1-3H3;5-6H,4,7H2,1-3H3;6*1H4. The van der Waals surface area contributed by atoms with Gasteiger partial charge < -0.3 is 9.80 Å². The Morgan fingerprint density at radius 2 is 0.828 bits per heavy atom. The maximum atomic E-state index is 11.1. The van der Waals surface area contributed by atoms with Crippen molar-refractivity contribution < 1.29 is 9.59 Å². The average Bonchev–Trinajstić information content (AvgIpc) is 2.51. The number of amides is 2. The normalized spacial score (nSPS) is 8.62. The maximum Gasteiger partial charge on any atom is 0.225 e. The molecule has 2 amide bonds. The second-order valence-electron chi connectivity index (χ2n) is 5.45. The summed E-state index contributed by atoms with van der Waals surface area (Å²) in [7, 11) is 7.07. The van der Waals surface area contributed by atoms with Crippen molar-refractivity contribution in [2.45, 2.75) is 90.5 Å². The van der Waals surface area contributed by atoms with Crippen molar-refractivity contribution >= 4 is 11.8 Å². The lowest BCUT2D eigenvalue weighted by atomic mass is 10.3. The first-order valence-corrected chi connectivity index (χ1v) is 8.22. The Morgan fingerprint density at radius 1 is 0.552 bits per heavy atom. The number of allylic oxidation sites excluding steroid dienone is 4. The lowest BCUT2D eigenvalue weighted by Crippen LogP contribution is -2.20. The lowest BCUT2D eigenvalue weighted by Gasteiger charge is -2.06. The Bertz CT molecular complexity index is 396. The fourth-order valence-electron chi connectivity index (χ4n) is 1.34. The highest BCUT2D eigenvalue weighted by Crippen LogP contribution is 1.93. The Balaban J connectivity index is -0.0000000428. The monoisotopic (exact) mass is 418 g/mol. The van der Waals surface area contributed by atoms with Crippen molar-refractivity contribution in [2.75, 3.05) is 28.2 Å². The smallest absolute Gasteiger partial charge is 0.225 e. The van der Waals surface area contributed by atoms with Crippen molar-refractivity contribution in [1.29, 1.82) is 0 Å². The zero-order chi connectivity index (χ0) is 18.1. The van der Waals surface area contributed by atoms with Crippen LogP contribution in [0.4, 0.5) is 0 Å². The van der Waals surface area contributed by atoms with Crippen LogP contribution < -0.4 is 0 Å². The SMILES string of the molecule is C.C.C.C.C.C.CCC=CCC(=O)N(C)C.CCC=CCC=CCC(=O)N(C)C. The molecule has 0 rings (SSSR count). The van der Waals surface area contributed by atoms with Crippen molar-refractivity contribution in [3.8, 4) is 0 Å². The molecule has 29 heavy (non-hydrogen) atoms. The molecule has 0 saturated heterocycles. The van der Waals surface area contributed by atoms with Crippen molar-refractivity contribution in [2.24, 2.45) is 0 Å². The zero-order valence-electron chi connectivity index (χ0n) is 15.7. The van der Waals surface area contributed by atoms with E-state index in [0.29, 0.717) is 12.8 Å². The second-order valence-corrected chi connectivity index (χ2v) is 5.45. The Hall–Kier alpha value is -1.84. The van der Waals surface area contributed by atoms with Gasteiger partial charge in [-0.2, -0.15) is 0 Å². The third-order valence-corrected chi connectivity index (χ3v) is 2.83. The van der Waals surface area contributed by atoms with Crippen LogP contribution in [0.1, 0.15) is 90.5 Å². The first-order chi connectivity index (χ1) is 10.9. The van der Waals surface area contributed by atoms with E-state index in [9.17, 15) is 9.59 Å². The zero-order valence-corrected chi connectivity index (χ0v) is 15.7. The van der Waals surface area contributed by atoms with E-state index in [0.717, 1.165) is 19.3 Å². The van der Waals surface area contributed by atoms with E-state index in [4.69, 9.17) is 0 Å². The summed E-state index contributed by atoms with van der Waals surface area (Å²) in [5.74, 6) is 0.306. The van der Waals surface area contributed by atoms with Crippen molar-refractivity contribution in [3.05, 3.63) is 36.5 Å². The molecule has 0 aromatic carbocycles. The van der Waals surface area contributed by atoms with Crippen LogP contribution in [0, 0.1) is 0 Å². The molecule has 0 aliphatic heterocycles. The summed E-state index contributed by atoms with van der Waals surface area (Å²) in [5, 5.41) is 0. The molecule has 0 heterocycles. The molecule has 0 N–H and O–H groups in total. The highest BCUT2D eigenvalue weighted by Gasteiger charge is 1.98. The molecule has 0 aliphatic carbocycles. The van der Waals surface area contributed by atoms with Gasteiger partial charge in [0.25, 0.3) is 0 Å². The summed E-state index contributed by atoms with van der Waals surface area (Å²) in [6.07, 6.45) is 16.1. The van der Waals surface area contributed by atoms with Crippen LogP contribution in [0.3, 0.4) is 0 Å². The van der Waals surface area contributed by atoms with Gasteiger partial charge in [0.1, 0.15) is 0 Å². The fourth-order valence-corrected chi connectivity index (χ4v) is 1.34. The molecule has 0 radical (unpaired) electrons. The average molecular weight is 419 g/mol. The molecule has 4 heteroatoms. The highest BCUT2D eigenvalue weighted by molar-refractivity contribution is 5.77. The van der Waals surface area contributed by atoms with E-state index >= 15 is 0 Å². The van der Waals surface area contributed by atoms with Gasteiger partial charge in [-0.1, -0.05) is 94.9 Å². The molecule has 4 nitrogen and oxygen atoms in total. The van der Waals surface area contributed by atoms with Gasteiger partial charge in [0.2, 0.25) is 11.8 Å². The predicted octanol–water partition coefficient (Wildman–Crippen LogP) is 7.62. The summed E-state index contributed by atoms with van der Waals surface area (Å²) < 4.78 is 0. The summed E-state index contributed by atoms with van der Waals surface area (Å²) in [6.45, 7) is 4.16. The van der Waals surface area contributed by atoms with Gasteiger partial charge in [-0.25, -0.2) is 0 Å². The Labute approximate surface area is 186 Å². The van der Waals surface area contributed by atoms with E-state index in [1.807, 2.05) is 24.3 Å². The molecule has 0 unspecified atom stereocenters. The molecule has 0 aliphatic rings. The predicted molar refractivity (Wildman–Crippen MR) is 140 cm³/mol. The number of carbonyl (C=O) groups is 2. The topological polar surface area (TPSA) is 40.6 Å². The third kappa shape index (κ3) is 41.6. The van der Waals surface area contributed by atoms with Crippen LogP contribution in [0.25, 0.3) is 0 Å². The minimum Gasteiger partial charge on any atom is -0.349 e. The summed E-state index contributed by atoms with van der Waals surface area (Å²) in [6, 6.07) is 0. The second kappa shape index (κ2) is 37.0. The van der Waals surface area contributed by atoms with Crippen LogP contribution in [0.5, 0.6) is 0 Å². The van der Waals surface area contributed by atoms with Gasteiger partial charge in [0, 0.05) is 41.0 Å². The van der Waals surface area contributed by atoms with Gasteiger partial charge in [-0.05, 0) is 19.3 Å². The largest absolute Gasteiger partial charge is 0.349 e. The molecule has 0 aromatic rings. The number of hydrogen-bond donors (Lipinski definition) is 0. The number of nitrogens with zero attached hydrogens (tertiary/aromatic N) is 2. The maximum absolute atomic E-state index is 11.1.